The molecule has 0 saturated heterocycles. The zero-order valence-corrected chi connectivity index (χ0v) is 14.2. The van der Waals surface area contributed by atoms with Crippen molar-refractivity contribution in [2.24, 2.45) is 29.1 Å². The van der Waals surface area contributed by atoms with E-state index in [0.29, 0.717) is 29.8 Å². The molecule has 0 aromatic rings. The van der Waals surface area contributed by atoms with E-state index in [2.05, 4.69) is 22.9 Å². The number of carbonyl (C=O) groups excluding carboxylic acids is 2. The van der Waals surface area contributed by atoms with Gasteiger partial charge in [-0.15, -0.1) is 0 Å². The molecule has 0 unspecified atom stereocenters. The molecule has 4 aliphatic rings. The second kappa shape index (κ2) is 4.78. The number of hydrogen-bond donors (Lipinski definition) is 0. The Hall–Kier alpha value is -0.440. The fourth-order valence-corrected chi connectivity index (χ4v) is 6.70. The predicted molar refractivity (Wildman–Crippen MR) is 85.0 cm³/mol. The lowest BCUT2D eigenvalue weighted by Crippen LogP contribution is -2.46. The van der Waals surface area contributed by atoms with Crippen LogP contribution in [0.25, 0.3) is 0 Å². The van der Waals surface area contributed by atoms with Crippen molar-refractivity contribution in [2.75, 3.05) is 0 Å². The molecule has 0 spiro atoms. The largest absolute Gasteiger partial charge is 0.299 e. The number of Topliss-reactive ketones (excluding diaryl/α,β-unsaturated/α-hetero) is 2. The quantitative estimate of drug-likeness (QED) is 0.647. The molecule has 21 heavy (non-hydrogen) atoms. The number of carbonyl (C=O) groups is 2. The molecule has 0 bridgehead atoms. The molecule has 0 aromatic carbocycles. The van der Waals surface area contributed by atoms with E-state index in [1.165, 1.54) is 18.4 Å². The summed E-state index contributed by atoms with van der Waals surface area (Å²) < 4.78 is 0.896. The van der Waals surface area contributed by atoms with Gasteiger partial charge in [-0.25, -0.2) is 0 Å². The Bertz CT molecular complexity index is 549. The fourth-order valence-electron chi connectivity index (χ4n) is 6.00. The summed E-state index contributed by atoms with van der Waals surface area (Å²) in [6.45, 7) is 2.23. The third kappa shape index (κ3) is 1.89. The molecule has 3 saturated carbocycles. The van der Waals surface area contributed by atoms with Crippen LogP contribution in [0.15, 0.2) is 10.1 Å². The van der Waals surface area contributed by atoms with Gasteiger partial charge in [0, 0.05) is 18.3 Å². The Kier molecular flexibility index (Phi) is 3.22. The summed E-state index contributed by atoms with van der Waals surface area (Å²) in [7, 11) is 0. The fraction of sp³-hybridized carbons (Fsp3) is 0.778. The summed E-state index contributed by atoms with van der Waals surface area (Å²) in [5.41, 5.74) is 1.38. The van der Waals surface area contributed by atoms with Crippen LogP contribution in [0.1, 0.15) is 58.3 Å². The van der Waals surface area contributed by atoms with Gasteiger partial charge in [-0.2, -0.15) is 0 Å². The molecule has 0 heterocycles. The topological polar surface area (TPSA) is 34.1 Å². The summed E-state index contributed by atoms with van der Waals surface area (Å²) in [6, 6.07) is 0. The lowest BCUT2D eigenvalue weighted by Gasteiger charge is -2.52. The maximum absolute atomic E-state index is 12.3. The van der Waals surface area contributed by atoms with Gasteiger partial charge in [-0.1, -0.05) is 6.92 Å². The highest BCUT2D eigenvalue weighted by Gasteiger charge is 2.56. The molecule has 0 N–H and O–H groups in total. The highest BCUT2D eigenvalue weighted by Crippen LogP contribution is 2.61. The smallest absolute Gasteiger partial charge is 0.169 e. The van der Waals surface area contributed by atoms with Crippen LogP contribution >= 0.6 is 15.9 Å². The lowest BCUT2D eigenvalue weighted by molar-refractivity contribution is -0.131. The van der Waals surface area contributed by atoms with E-state index >= 15 is 0 Å². The normalized spacial score (nSPS) is 46.2. The van der Waals surface area contributed by atoms with Crippen LogP contribution in [0.3, 0.4) is 0 Å². The van der Waals surface area contributed by atoms with Gasteiger partial charge in [0.15, 0.2) is 5.78 Å². The standard InChI is InChI=1S/C18H23BrO2/c1-18-9-8-11-10-4-6-15(20)17(19)13(10)3-2-12(11)14(18)5-7-16(18)21/h10-12,14H,2-9H2,1H3/t10-,11-,12-,14+,18+/m1/s1. The van der Waals surface area contributed by atoms with Gasteiger partial charge < -0.3 is 0 Å². The van der Waals surface area contributed by atoms with Gasteiger partial charge in [0.1, 0.15) is 5.78 Å². The number of fused-ring (bicyclic) bond motifs is 5. The molecule has 3 heteroatoms. The van der Waals surface area contributed by atoms with Crippen LogP contribution in [0.4, 0.5) is 0 Å². The van der Waals surface area contributed by atoms with E-state index in [1.54, 1.807) is 0 Å². The zero-order valence-electron chi connectivity index (χ0n) is 12.7. The van der Waals surface area contributed by atoms with Crippen LogP contribution in [-0.4, -0.2) is 11.6 Å². The molecule has 0 aliphatic heterocycles. The van der Waals surface area contributed by atoms with Gasteiger partial charge in [0.05, 0.1) is 4.48 Å². The zero-order chi connectivity index (χ0) is 14.8. The molecule has 0 aromatic heterocycles. The third-order valence-electron chi connectivity index (χ3n) is 7.12. The average Bonchev–Trinajstić information content (AvgIpc) is 2.78. The molecule has 5 atom stereocenters. The number of allylic oxidation sites excluding steroid dienone is 1. The first kappa shape index (κ1) is 14.2. The number of hydrogen-bond acceptors (Lipinski definition) is 2. The molecular formula is C18H23BrO2. The minimum Gasteiger partial charge on any atom is -0.299 e. The molecule has 4 aliphatic carbocycles. The van der Waals surface area contributed by atoms with Gasteiger partial charge >= 0.3 is 0 Å². The summed E-state index contributed by atoms with van der Waals surface area (Å²) >= 11 is 3.56. The molecule has 0 radical (unpaired) electrons. The molecular weight excluding hydrogens is 328 g/mol. The van der Waals surface area contributed by atoms with Gasteiger partial charge in [0.25, 0.3) is 0 Å². The van der Waals surface area contributed by atoms with Crippen molar-refractivity contribution in [2.45, 2.75) is 58.3 Å². The van der Waals surface area contributed by atoms with Crippen LogP contribution in [0, 0.1) is 29.1 Å². The first-order valence-corrected chi connectivity index (χ1v) is 9.26. The van der Waals surface area contributed by atoms with Crippen molar-refractivity contribution in [3.63, 3.8) is 0 Å². The van der Waals surface area contributed by atoms with Crippen LogP contribution in [0.2, 0.25) is 0 Å². The van der Waals surface area contributed by atoms with Crippen molar-refractivity contribution in [1.29, 1.82) is 0 Å². The maximum Gasteiger partial charge on any atom is 0.169 e. The van der Waals surface area contributed by atoms with Crippen molar-refractivity contribution in [1.82, 2.24) is 0 Å². The highest BCUT2D eigenvalue weighted by molar-refractivity contribution is 9.12. The van der Waals surface area contributed by atoms with Crippen molar-refractivity contribution < 1.29 is 9.59 Å². The predicted octanol–water partition coefficient (Wildman–Crippen LogP) is 4.42. The molecule has 0 amide bonds. The minimum absolute atomic E-state index is 0.0237. The van der Waals surface area contributed by atoms with Gasteiger partial charge in [-0.3, -0.25) is 9.59 Å². The van der Waals surface area contributed by atoms with Crippen LogP contribution < -0.4 is 0 Å². The van der Waals surface area contributed by atoms with E-state index in [-0.39, 0.29) is 5.41 Å². The van der Waals surface area contributed by atoms with Crippen molar-refractivity contribution in [3.8, 4) is 0 Å². The first-order valence-electron chi connectivity index (χ1n) is 8.47. The van der Waals surface area contributed by atoms with Crippen LogP contribution in [0.5, 0.6) is 0 Å². The third-order valence-corrected chi connectivity index (χ3v) is 8.07. The molecule has 2 nitrogen and oxygen atoms in total. The van der Waals surface area contributed by atoms with Gasteiger partial charge in [0.2, 0.25) is 0 Å². The number of halogens is 1. The van der Waals surface area contributed by atoms with Gasteiger partial charge in [-0.05, 0) is 83.7 Å². The second-order valence-electron chi connectivity index (χ2n) is 7.80. The lowest BCUT2D eigenvalue weighted by atomic mass is 9.52. The monoisotopic (exact) mass is 350 g/mol. The van der Waals surface area contributed by atoms with Crippen molar-refractivity contribution in [3.05, 3.63) is 10.1 Å². The molecule has 4 rings (SSSR count). The molecule has 3 fully saturated rings. The van der Waals surface area contributed by atoms with E-state index in [9.17, 15) is 9.59 Å². The molecule has 114 valence electrons. The summed E-state index contributed by atoms with van der Waals surface area (Å²) in [5.74, 6) is 3.48. The SMILES string of the molecule is C[C@]12CC[C@H]3[C@@H](CCC4=C(Br)C(=O)CC[C@@H]43)[C@@H]1CCC2=O. The minimum atomic E-state index is -0.0237. The number of rotatable bonds is 0. The average molecular weight is 351 g/mol. The Morgan fingerprint density at radius 2 is 1.81 bits per heavy atom. The van der Waals surface area contributed by atoms with Crippen LogP contribution in [-0.2, 0) is 9.59 Å². The summed E-state index contributed by atoms with van der Waals surface area (Å²) in [4.78, 5) is 24.3. The maximum atomic E-state index is 12.3. The highest BCUT2D eigenvalue weighted by atomic mass is 79.9. The summed E-state index contributed by atoms with van der Waals surface area (Å²) in [5, 5.41) is 0. The first-order chi connectivity index (χ1) is 10.0. The van der Waals surface area contributed by atoms with E-state index in [4.69, 9.17) is 0 Å². The summed E-state index contributed by atoms with van der Waals surface area (Å²) in [6.07, 6.45) is 8.19. The van der Waals surface area contributed by atoms with E-state index < -0.39 is 0 Å². The van der Waals surface area contributed by atoms with E-state index in [1.807, 2.05) is 0 Å². The van der Waals surface area contributed by atoms with Crippen molar-refractivity contribution >= 4 is 27.5 Å². The Morgan fingerprint density at radius 3 is 2.62 bits per heavy atom. The number of ketones is 2. The van der Waals surface area contributed by atoms with E-state index in [0.717, 1.165) is 48.4 Å². The Balaban J connectivity index is 1.67. The Morgan fingerprint density at radius 1 is 1.00 bits per heavy atom. The second-order valence-corrected chi connectivity index (χ2v) is 8.59. The Labute approximate surface area is 134 Å².